The van der Waals surface area contributed by atoms with E-state index in [9.17, 15) is 22.8 Å². The lowest BCUT2D eigenvalue weighted by Gasteiger charge is -2.29. The Morgan fingerprint density at radius 1 is 1.42 bits per heavy atom. The summed E-state index contributed by atoms with van der Waals surface area (Å²) in [6, 6.07) is -0.952. The van der Waals surface area contributed by atoms with Gasteiger partial charge in [0.1, 0.15) is 0 Å². The van der Waals surface area contributed by atoms with Gasteiger partial charge < -0.3 is 14.9 Å². The Morgan fingerprint density at radius 2 is 2.05 bits per heavy atom. The fourth-order valence-corrected chi connectivity index (χ4v) is 2.11. The smallest absolute Gasteiger partial charge is 0.390 e. The number of carboxylic acids is 1. The number of alkyl halides is 3. The zero-order valence-electron chi connectivity index (χ0n) is 10.6. The third kappa shape index (κ3) is 4.96. The minimum atomic E-state index is -4.31. The number of carbonyl (C=O) groups is 2. The molecular weight excluding hydrogens is 265 g/mol. The molecule has 1 saturated heterocycles. The van der Waals surface area contributed by atoms with Crippen molar-refractivity contribution < 1.29 is 27.9 Å². The van der Waals surface area contributed by atoms with Crippen LogP contribution in [0.2, 0.25) is 0 Å². The van der Waals surface area contributed by atoms with Gasteiger partial charge in [0.25, 0.3) is 0 Å². The van der Waals surface area contributed by atoms with Crippen LogP contribution in [0.25, 0.3) is 0 Å². The summed E-state index contributed by atoms with van der Waals surface area (Å²) in [5, 5.41) is 8.72. The second kappa shape index (κ2) is 6.12. The summed E-state index contributed by atoms with van der Waals surface area (Å²) in [6.45, 7) is -0.0221. The summed E-state index contributed by atoms with van der Waals surface area (Å²) in [4.78, 5) is 24.9. The van der Waals surface area contributed by atoms with Crippen molar-refractivity contribution in [3.63, 3.8) is 0 Å². The summed E-state index contributed by atoms with van der Waals surface area (Å²) >= 11 is 0. The number of hydrogen-bond acceptors (Lipinski definition) is 2. The predicted molar refractivity (Wildman–Crippen MR) is 60.7 cm³/mol. The van der Waals surface area contributed by atoms with E-state index in [0.717, 1.165) is 4.90 Å². The lowest BCUT2D eigenvalue weighted by Crippen LogP contribution is -2.45. The van der Waals surface area contributed by atoms with Gasteiger partial charge in [-0.25, -0.2) is 4.79 Å². The number of halogens is 3. The van der Waals surface area contributed by atoms with Gasteiger partial charge in [0.15, 0.2) is 0 Å². The van der Waals surface area contributed by atoms with Crippen LogP contribution in [0.15, 0.2) is 0 Å². The zero-order valence-corrected chi connectivity index (χ0v) is 10.6. The number of urea groups is 1. The molecule has 1 unspecified atom stereocenters. The van der Waals surface area contributed by atoms with Crippen molar-refractivity contribution in [1.29, 1.82) is 0 Å². The van der Waals surface area contributed by atoms with E-state index in [2.05, 4.69) is 0 Å². The number of nitrogens with zero attached hydrogens (tertiary/aromatic N) is 2. The van der Waals surface area contributed by atoms with E-state index in [1.165, 1.54) is 11.9 Å². The Morgan fingerprint density at radius 3 is 2.58 bits per heavy atom. The van der Waals surface area contributed by atoms with E-state index in [-0.39, 0.29) is 6.42 Å². The summed E-state index contributed by atoms with van der Waals surface area (Å²) in [5.74, 6) is -1.01. The van der Waals surface area contributed by atoms with Crippen LogP contribution in [0.1, 0.15) is 25.7 Å². The van der Waals surface area contributed by atoms with Crippen LogP contribution in [0.4, 0.5) is 18.0 Å². The number of hydrogen-bond donors (Lipinski definition) is 1. The Balaban J connectivity index is 2.53. The molecule has 110 valence electrons. The van der Waals surface area contributed by atoms with Crippen molar-refractivity contribution in [2.24, 2.45) is 0 Å². The third-order valence-corrected chi connectivity index (χ3v) is 3.09. The van der Waals surface area contributed by atoms with E-state index in [0.29, 0.717) is 19.4 Å². The third-order valence-electron chi connectivity index (χ3n) is 3.09. The van der Waals surface area contributed by atoms with Gasteiger partial charge in [-0.05, 0) is 12.8 Å². The van der Waals surface area contributed by atoms with Crippen LogP contribution in [0.3, 0.4) is 0 Å². The molecule has 1 fully saturated rings. The lowest BCUT2D eigenvalue weighted by atomic mass is 10.1. The lowest BCUT2D eigenvalue weighted by molar-refractivity contribution is -0.138. The first-order chi connectivity index (χ1) is 8.70. The highest BCUT2D eigenvalue weighted by atomic mass is 19.4. The number of amides is 2. The van der Waals surface area contributed by atoms with Crippen molar-refractivity contribution in [3.05, 3.63) is 0 Å². The maximum atomic E-state index is 12.1. The first kappa shape index (κ1) is 15.6. The minimum absolute atomic E-state index is 0.168. The van der Waals surface area contributed by atoms with Crippen molar-refractivity contribution in [2.75, 3.05) is 20.1 Å². The number of rotatable bonds is 4. The highest BCUT2D eigenvalue weighted by Gasteiger charge is 2.33. The van der Waals surface area contributed by atoms with Crippen LogP contribution in [0.5, 0.6) is 0 Å². The molecule has 0 aromatic rings. The Labute approximate surface area is 109 Å². The Kier molecular flexibility index (Phi) is 5.02. The SMILES string of the molecule is CN(CCC(F)(F)F)C(=O)N1CCCC1CC(=O)O. The fourth-order valence-electron chi connectivity index (χ4n) is 2.11. The van der Waals surface area contributed by atoms with Crippen molar-refractivity contribution in [1.82, 2.24) is 9.80 Å². The van der Waals surface area contributed by atoms with Gasteiger partial charge in [-0.3, -0.25) is 4.79 Å². The molecule has 2 amide bonds. The Hall–Kier alpha value is -1.47. The minimum Gasteiger partial charge on any atom is -0.481 e. The average Bonchev–Trinajstić information content (AvgIpc) is 2.71. The van der Waals surface area contributed by atoms with E-state index < -0.39 is 37.2 Å². The van der Waals surface area contributed by atoms with Crippen LogP contribution < -0.4 is 0 Å². The van der Waals surface area contributed by atoms with Crippen molar-refractivity contribution >= 4 is 12.0 Å². The second-order valence-electron chi connectivity index (χ2n) is 4.66. The summed E-state index contributed by atoms with van der Waals surface area (Å²) in [7, 11) is 1.30. The first-order valence-electron chi connectivity index (χ1n) is 6.01. The normalized spacial score (nSPS) is 19.6. The molecular formula is C11H17F3N2O3. The predicted octanol–water partition coefficient (Wildman–Crippen LogP) is 1.93. The number of aliphatic carboxylic acids is 1. The summed E-state index contributed by atoms with van der Waals surface area (Å²) in [6.07, 6.45) is -4.28. The standard InChI is InChI=1S/C11H17F3N2O3/c1-15(6-4-11(12,13)14)10(19)16-5-2-3-8(16)7-9(17)18/h8H,2-7H2,1H3,(H,17,18). The van der Waals surface area contributed by atoms with E-state index >= 15 is 0 Å². The van der Waals surface area contributed by atoms with Gasteiger partial charge in [0, 0.05) is 26.2 Å². The maximum absolute atomic E-state index is 12.1. The monoisotopic (exact) mass is 282 g/mol. The molecule has 1 heterocycles. The van der Waals surface area contributed by atoms with Crippen molar-refractivity contribution in [2.45, 2.75) is 37.9 Å². The molecule has 1 atom stereocenters. The zero-order chi connectivity index (χ0) is 14.6. The molecule has 1 aliphatic rings. The van der Waals surface area contributed by atoms with Crippen LogP contribution >= 0.6 is 0 Å². The van der Waals surface area contributed by atoms with E-state index in [4.69, 9.17) is 5.11 Å². The number of likely N-dealkylation sites (tertiary alicyclic amines) is 1. The topological polar surface area (TPSA) is 60.9 Å². The molecule has 0 bridgehead atoms. The van der Waals surface area contributed by atoms with Gasteiger partial charge >= 0.3 is 18.2 Å². The van der Waals surface area contributed by atoms with Crippen LogP contribution in [-0.2, 0) is 4.79 Å². The maximum Gasteiger partial charge on any atom is 0.390 e. The molecule has 0 radical (unpaired) electrons. The molecule has 0 aromatic carbocycles. The summed E-state index contributed by atoms with van der Waals surface area (Å²) in [5.41, 5.74) is 0. The highest BCUT2D eigenvalue weighted by Crippen LogP contribution is 2.23. The summed E-state index contributed by atoms with van der Waals surface area (Å²) < 4.78 is 36.2. The molecule has 0 aliphatic carbocycles. The number of carboxylic acid groups (broad SMARTS) is 1. The molecule has 19 heavy (non-hydrogen) atoms. The van der Waals surface area contributed by atoms with E-state index in [1.54, 1.807) is 0 Å². The van der Waals surface area contributed by atoms with Gasteiger partial charge in [0.05, 0.1) is 12.8 Å². The Bertz CT molecular complexity index is 347. The van der Waals surface area contributed by atoms with Gasteiger partial charge in [-0.1, -0.05) is 0 Å². The molecule has 0 spiro atoms. The molecule has 0 saturated carbocycles. The highest BCUT2D eigenvalue weighted by molar-refractivity contribution is 5.76. The molecule has 5 nitrogen and oxygen atoms in total. The van der Waals surface area contributed by atoms with Gasteiger partial charge in [-0.2, -0.15) is 13.2 Å². The fraction of sp³-hybridized carbons (Fsp3) is 0.818. The molecule has 8 heteroatoms. The second-order valence-corrected chi connectivity index (χ2v) is 4.66. The largest absolute Gasteiger partial charge is 0.481 e. The molecule has 1 N–H and O–H groups in total. The van der Waals surface area contributed by atoms with E-state index in [1.807, 2.05) is 0 Å². The van der Waals surface area contributed by atoms with Crippen LogP contribution in [-0.4, -0.2) is 59.3 Å². The molecule has 1 rings (SSSR count). The van der Waals surface area contributed by atoms with Gasteiger partial charge in [-0.15, -0.1) is 0 Å². The van der Waals surface area contributed by atoms with Crippen molar-refractivity contribution in [3.8, 4) is 0 Å². The van der Waals surface area contributed by atoms with Gasteiger partial charge in [0.2, 0.25) is 0 Å². The average molecular weight is 282 g/mol. The quantitative estimate of drug-likeness (QED) is 0.857. The molecule has 1 aliphatic heterocycles. The first-order valence-corrected chi connectivity index (χ1v) is 6.01. The number of carbonyl (C=O) groups excluding carboxylic acids is 1. The van der Waals surface area contributed by atoms with Crippen LogP contribution in [0, 0.1) is 0 Å². The molecule has 0 aromatic heterocycles.